The quantitative estimate of drug-likeness (QED) is 0.611. The molecule has 116 valence electrons. The summed E-state index contributed by atoms with van der Waals surface area (Å²) in [6.45, 7) is 1.54. The predicted molar refractivity (Wildman–Crippen MR) is 78.9 cm³/mol. The SMILES string of the molecule is Cc1c(Cl)cccc1S(=O)(=O)Nc1nc(C(=O)C(=O)O)ns1. The van der Waals surface area contributed by atoms with Gasteiger partial charge in [0.1, 0.15) is 0 Å². The van der Waals surface area contributed by atoms with Crippen LogP contribution < -0.4 is 4.72 Å². The standard InChI is InChI=1S/C11H8ClN3O5S2/c1-5-6(12)3-2-4-7(5)22(19,20)15-11-13-9(14-21-11)8(16)10(17)18/h2-4H,1H3,(H,17,18)(H,13,14,15). The van der Waals surface area contributed by atoms with E-state index in [1.165, 1.54) is 19.1 Å². The van der Waals surface area contributed by atoms with Gasteiger partial charge in [-0.05, 0) is 24.6 Å². The number of aromatic nitrogens is 2. The second-order valence-electron chi connectivity index (χ2n) is 4.03. The summed E-state index contributed by atoms with van der Waals surface area (Å²) in [6.07, 6.45) is 0. The number of nitrogens with zero attached hydrogens (tertiary/aromatic N) is 2. The number of sulfonamides is 1. The van der Waals surface area contributed by atoms with Crippen molar-refractivity contribution in [3.63, 3.8) is 0 Å². The number of ketones is 1. The van der Waals surface area contributed by atoms with Gasteiger partial charge in [-0.3, -0.25) is 9.52 Å². The number of anilines is 1. The first-order valence-corrected chi connectivity index (χ1v) is 8.25. The monoisotopic (exact) mass is 361 g/mol. The number of carbonyl (C=O) groups is 2. The van der Waals surface area contributed by atoms with Crippen molar-refractivity contribution in [3.05, 3.63) is 34.6 Å². The molecule has 0 unspecified atom stereocenters. The maximum atomic E-state index is 12.3. The Bertz CT molecular complexity index is 862. The summed E-state index contributed by atoms with van der Waals surface area (Å²) in [6, 6.07) is 4.38. The number of carboxylic acids is 1. The molecule has 22 heavy (non-hydrogen) atoms. The summed E-state index contributed by atoms with van der Waals surface area (Å²) >= 11 is 6.43. The molecule has 11 heteroatoms. The molecule has 2 N–H and O–H groups in total. The Balaban J connectivity index is 2.32. The molecule has 0 bridgehead atoms. The van der Waals surface area contributed by atoms with Gasteiger partial charge in [-0.15, -0.1) is 0 Å². The number of hydrogen-bond acceptors (Lipinski definition) is 7. The van der Waals surface area contributed by atoms with Gasteiger partial charge in [-0.2, -0.15) is 9.36 Å². The third-order valence-electron chi connectivity index (χ3n) is 2.55. The van der Waals surface area contributed by atoms with Crippen molar-refractivity contribution >= 4 is 50.0 Å². The highest BCUT2D eigenvalue weighted by Crippen LogP contribution is 2.25. The molecule has 0 aliphatic heterocycles. The average molecular weight is 362 g/mol. The van der Waals surface area contributed by atoms with E-state index in [0.29, 0.717) is 17.1 Å². The van der Waals surface area contributed by atoms with Crippen LogP contribution in [0.1, 0.15) is 16.2 Å². The fourth-order valence-electron chi connectivity index (χ4n) is 1.50. The zero-order valence-electron chi connectivity index (χ0n) is 10.9. The molecule has 0 radical (unpaired) electrons. The molecule has 1 aromatic carbocycles. The van der Waals surface area contributed by atoms with E-state index in [1.807, 2.05) is 0 Å². The number of nitrogens with one attached hydrogen (secondary N) is 1. The van der Waals surface area contributed by atoms with Gasteiger partial charge in [0.25, 0.3) is 10.0 Å². The molecule has 0 aliphatic carbocycles. The van der Waals surface area contributed by atoms with Gasteiger partial charge < -0.3 is 5.11 Å². The van der Waals surface area contributed by atoms with Gasteiger partial charge >= 0.3 is 11.8 Å². The van der Waals surface area contributed by atoms with Gasteiger partial charge in [0.15, 0.2) is 0 Å². The molecule has 8 nitrogen and oxygen atoms in total. The molecule has 0 amide bonds. The van der Waals surface area contributed by atoms with E-state index in [2.05, 4.69) is 14.1 Å². The van der Waals surface area contributed by atoms with Gasteiger partial charge in [0, 0.05) is 16.6 Å². The fourth-order valence-corrected chi connectivity index (χ4v) is 3.79. The Morgan fingerprint density at radius 1 is 1.36 bits per heavy atom. The number of rotatable bonds is 5. The molecule has 0 saturated carbocycles. The highest BCUT2D eigenvalue weighted by Gasteiger charge is 2.23. The molecular weight excluding hydrogens is 354 g/mol. The summed E-state index contributed by atoms with van der Waals surface area (Å²) < 4.78 is 30.1. The van der Waals surface area contributed by atoms with Crippen molar-refractivity contribution in [1.82, 2.24) is 9.36 Å². The van der Waals surface area contributed by atoms with E-state index in [0.717, 1.165) is 0 Å². The molecule has 0 aliphatic rings. The summed E-state index contributed by atoms with van der Waals surface area (Å²) in [4.78, 5) is 25.2. The summed E-state index contributed by atoms with van der Waals surface area (Å²) in [5.41, 5.74) is 0.350. The first kappa shape index (κ1) is 16.3. The highest BCUT2D eigenvalue weighted by atomic mass is 35.5. The van der Waals surface area contributed by atoms with Crippen molar-refractivity contribution in [2.75, 3.05) is 4.72 Å². The van der Waals surface area contributed by atoms with Crippen molar-refractivity contribution in [3.8, 4) is 0 Å². The molecule has 2 rings (SSSR count). The van der Waals surface area contributed by atoms with Crippen molar-refractivity contribution < 1.29 is 23.1 Å². The fraction of sp³-hybridized carbons (Fsp3) is 0.0909. The number of benzene rings is 1. The number of carboxylic acid groups (broad SMARTS) is 1. The Hall–Kier alpha value is -2.04. The predicted octanol–water partition coefficient (Wildman–Crippen LogP) is 1.57. The number of carbonyl (C=O) groups excluding carboxylic acids is 1. The van der Waals surface area contributed by atoms with Crippen LogP contribution in [-0.4, -0.2) is 34.6 Å². The zero-order valence-corrected chi connectivity index (χ0v) is 13.3. The van der Waals surface area contributed by atoms with Crippen LogP contribution in [0.2, 0.25) is 5.02 Å². The Labute approximate surface area is 134 Å². The van der Waals surface area contributed by atoms with Crippen LogP contribution in [0.3, 0.4) is 0 Å². The third-order valence-corrected chi connectivity index (χ3v) is 5.21. The Morgan fingerprint density at radius 2 is 2.05 bits per heavy atom. The van der Waals surface area contributed by atoms with Crippen molar-refractivity contribution in [2.45, 2.75) is 11.8 Å². The molecule has 0 fully saturated rings. The Morgan fingerprint density at radius 3 is 2.68 bits per heavy atom. The molecule has 2 aromatic rings. The Kier molecular flexibility index (Phi) is 4.44. The van der Waals surface area contributed by atoms with Crippen LogP contribution in [-0.2, 0) is 14.8 Å². The lowest BCUT2D eigenvalue weighted by molar-refractivity contribution is -0.131. The van der Waals surface area contributed by atoms with Crippen LogP contribution in [0.4, 0.5) is 5.13 Å². The molecule has 0 saturated heterocycles. The van der Waals surface area contributed by atoms with Crippen molar-refractivity contribution in [2.24, 2.45) is 0 Å². The molecular formula is C11H8ClN3O5S2. The minimum atomic E-state index is -3.98. The maximum Gasteiger partial charge on any atom is 0.380 e. The number of hydrogen-bond donors (Lipinski definition) is 2. The molecule has 0 spiro atoms. The lowest BCUT2D eigenvalue weighted by atomic mass is 10.2. The number of halogens is 1. The lowest BCUT2D eigenvalue weighted by Crippen LogP contribution is -2.16. The highest BCUT2D eigenvalue weighted by molar-refractivity contribution is 7.93. The molecule has 1 heterocycles. The maximum absolute atomic E-state index is 12.3. The topological polar surface area (TPSA) is 126 Å². The number of aliphatic carboxylic acids is 1. The minimum absolute atomic E-state index is 0.0543. The van der Waals surface area contributed by atoms with Gasteiger partial charge in [0.2, 0.25) is 11.0 Å². The largest absolute Gasteiger partial charge is 0.475 e. The summed E-state index contributed by atoms with van der Waals surface area (Å²) in [5.74, 6) is -3.63. The van der Waals surface area contributed by atoms with Gasteiger partial charge in [-0.1, -0.05) is 17.7 Å². The van der Waals surface area contributed by atoms with E-state index in [-0.39, 0.29) is 15.0 Å². The third kappa shape index (κ3) is 3.24. The van der Waals surface area contributed by atoms with E-state index >= 15 is 0 Å². The summed E-state index contributed by atoms with van der Waals surface area (Å²) in [5, 5.41) is 8.60. The summed E-state index contributed by atoms with van der Waals surface area (Å²) in [7, 11) is -3.98. The van der Waals surface area contributed by atoms with Crippen LogP contribution in [0, 0.1) is 6.92 Å². The smallest absolute Gasteiger partial charge is 0.380 e. The molecule has 1 aromatic heterocycles. The average Bonchev–Trinajstić information content (AvgIpc) is 2.88. The van der Waals surface area contributed by atoms with Gasteiger partial charge in [-0.25, -0.2) is 13.2 Å². The van der Waals surface area contributed by atoms with E-state index in [9.17, 15) is 18.0 Å². The van der Waals surface area contributed by atoms with Crippen molar-refractivity contribution in [1.29, 1.82) is 0 Å². The van der Waals surface area contributed by atoms with Crippen LogP contribution in [0.5, 0.6) is 0 Å². The second-order valence-corrected chi connectivity index (χ2v) is 6.84. The minimum Gasteiger partial charge on any atom is -0.475 e. The first-order valence-electron chi connectivity index (χ1n) is 5.61. The normalized spacial score (nSPS) is 11.2. The van der Waals surface area contributed by atoms with Crippen LogP contribution in [0.15, 0.2) is 23.1 Å². The van der Waals surface area contributed by atoms with Gasteiger partial charge in [0.05, 0.1) is 4.90 Å². The second kappa shape index (κ2) is 5.99. The van der Waals surface area contributed by atoms with E-state index in [4.69, 9.17) is 16.7 Å². The van der Waals surface area contributed by atoms with Crippen LogP contribution in [0.25, 0.3) is 0 Å². The lowest BCUT2D eigenvalue weighted by Gasteiger charge is -2.08. The zero-order chi connectivity index (χ0) is 16.5. The van der Waals surface area contributed by atoms with E-state index < -0.39 is 27.6 Å². The van der Waals surface area contributed by atoms with E-state index in [1.54, 1.807) is 6.07 Å². The number of Topliss-reactive ketones (excluding diaryl/α,β-unsaturated/α-hetero) is 1. The molecule has 0 atom stereocenters. The van der Waals surface area contributed by atoms with Crippen LogP contribution >= 0.6 is 23.1 Å². The first-order chi connectivity index (χ1) is 10.2.